The van der Waals surface area contributed by atoms with Crippen molar-refractivity contribution in [2.45, 2.75) is 83.3 Å². The van der Waals surface area contributed by atoms with Crippen LogP contribution in [-0.2, 0) is 19.1 Å². The molecule has 0 radical (unpaired) electrons. The van der Waals surface area contributed by atoms with Gasteiger partial charge in [0.25, 0.3) is 0 Å². The minimum absolute atomic E-state index is 0.115. The minimum Gasteiger partial charge on any atom is -0.465 e. The van der Waals surface area contributed by atoms with Gasteiger partial charge in [-0.05, 0) is 39.0 Å². The lowest BCUT2D eigenvalue weighted by Crippen LogP contribution is -2.61. The van der Waals surface area contributed by atoms with Gasteiger partial charge in [-0.2, -0.15) is 0 Å². The van der Waals surface area contributed by atoms with Gasteiger partial charge in [0.2, 0.25) is 0 Å². The van der Waals surface area contributed by atoms with Crippen molar-refractivity contribution in [3.63, 3.8) is 0 Å². The molecular weight excluding hydrogens is 280 g/mol. The predicted octanol–water partition coefficient (Wildman–Crippen LogP) is 3.42. The molecule has 3 rings (SSSR count). The first kappa shape index (κ1) is 16.0. The van der Waals surface area contributed by atoms with Crippen LogP contribution in [0.3, 0.4) is 0 Å². The van der Waals surface area contributed by atoms with Crippen LogP contribution in [0.1, 0.15) is 71.6 Å². The first-order valence-electron chi connectivity index (χ1n) is 9.00. The zero-order valence-corrected chi connectivity index (χ0v) is 13.9. The maximum Gasteiger partial charge on any atom is 0.322 e. The highest BCUT2D eigenvalue weighted by molar-refractivity contribution is 6.07. The lowest BCUT2D eigenvalue weighted by atomic mass is 9.63. The predicted molar refractivity (Wildman–Crippen MR) is 82.4 cm³/mol. The zero-order valence-electron chi connectivity index (χ0n) is 13.9. The van der Waals surface area contributed by atoms with Gasteiger partial charge in [0.15, 0.2) is 11.2 Å². The largest absolute Gasteiger partial charge is 0.465 e. The summed E-state index contributed by atoms with van der Waals surface area (Å²) in [6.07, 6.45) is 7.97. The number of ketones is 1. The fourth-order valence-electron chi connectivity index (χ4n) is 5.07. The lowest BCUT2D eigenvalue weighted by Gasteiger charge is -2.49. The monoisotopic (exact) mass is 308 g/mol. The maximum atomic E-state index is 13.4. The number of Topliss-reactive ketones (excluding diaryl/α,β-unsaturated/α-hetero) is 1. The molecule has 2 saturated heterocycles. The van der Waals surface area contributed by atoms with Crippen molar-refractivity contribution in [1.82, 2.24) is 0 Å². The van der Waals surface area contributed by atoms with Crippen LogP contribution in [0, 0.1) is 11.3 Å². The second-order valence-electron chi connectivity index (χ2n) is 7.17. The third kappa shape index (κ3) is 2.14. The zero-order chi connectivity index (χ0) is 15.8. The molecule has 4 bridgehead atoms. The summed E-state index contributed by atoms with van der Waals surface area (Å²) in [5, 5.41) is 0. The number of rotatable bonds is 4. The van der Waals surface area contributed by atoms with E-state index >= 15 is 0 Å². The Labute approximate surface area is 132 Å². The van der Waals surface area contributed by atoms with Crippen LogP contribution in [0.2, 0.25) is 0 Å². The Morgan fingerprint density at radius 1 is 1.23 bits per heavy atom. The number of hydrogen-bond acceptors (Lipinski definition) is 4. The molecule has 0 aromatic carbocycles. The Bertz CT molecular complexity index is 460. The molecule has 1 saturated carbocycles. The van der Waals surface area contributed by atoms with Gasteiger partial charge < -0.3 is 9.47 Å². The van der Waals surface area contributed by atoms with E-state index < -0.39 is 5.41 Å². The van der Waals surface area contributed by atoms with Crippen molar-refractivity contribution in [3.8, 4) is 0 Å². The van der Waals surface area contributed by atoms with E-state index in [9.17, 15) is 9.59 Å². The van der Waals surface area contributed by atoms with E-state index in [4.69, 9.17) is 9.47 Å². The van der Waals surface area contributed by atoms with E-state index in [-0.39, 0.29) is 29.4 Å². The Balaban J connectivity index is 2.02. The second-order valence-corrected chi connectivity index (χ2v) is 7.17. The van der Waals surface area contributed by atoms with Gasteiger partial charge in [-0.25, -0.2) is 0 Å². The summed E-state index contributed by atoms with van der Waals surface area (Å²) in [6.45, 7) is 4.27. The second kappa shape index (κ2) is 5.95. The van der Waals surface area contributed by atoms with Gasteiger partial charge in [0.1, 0.15) is 0 Å². The smallest absolute Gasteiger partial charge is 0.322 e. The molecule has 4 atom stereocenters. The molecule has 3 aliphatic rings. The van der Waals surface area contributed by atoms with E-state index in [2.05, 4.69) is 6.92 Å². The number of esters is 1. The van der Waals surface area contributed by atoms with Gasteiger partial charge in [-0.3, -0.25) is 9.59 Å². The quantitative estimate of drug-likeness (QED) is 0.590. The number of ether oxygens (including phenoxy) is 2. The summed E-state index contributed by atoms with van der Waals surface area (Å²) in [4.78, 5) is 26.1. The van der Waals surface area contributed by atoms with Crippen molar-refractivity contribution >= 4 is 11.8 Å². The summed E-state index contributed by atoms with van der Waals surface area (Å²) in [6, 6.07) is 0. The van der Waals surface area contributed by atoms with Crippen molar-refractivity contribution in [1.29, 1.82) is 0 Å². The van der Waals surface area contributed by atoms with E-state index in [1.165, 1.54) is 0 Å². The normalized spacial score (nSPS) is 40.9. The fraction of sp³-hybridized carbons (Fsp3) is 0.889. The van der Waals surface area contributed by atoms with Gasteiger partial charge in [0.05, 0.1) is 18.3 Å². The standard InChI is InChI=1S/C18H28O4/c1-3-10-17-12-9-14(22-17)18(16(20)21-4-2)11-7-5-6-8-13(17)15(18)19/h13-14H,3-12H2,1-2H3/t13?,14-,17+,18?/m1/s1. The number of carbonyl (C=O) groups is 2. The molecule has 4 nitrogen and oxygen atoms in total. The number of hydrogen-bond donors (Lipinski definition) is 0. The van der Waals surface area contributed by atoms with E-state index in [1.54, 1.807) is 6.92 Å². The Hall–Kier alpha value is -0.900. The van der Waals surface area contributed by atoms with Crippen molar-refractivity contribution in [3.05, 3.63) is 0 Å². The molecule has 1 aliphatic carbocycles. The molecule has 0 spiro atoms. The highest BCUT2D eigenvalue weighted by atomic mass is 16.5. The molecular formula is C18H28O4. The summed E-state index contributed by atoms with van der Waals surface area (Å²) in [7, 11) is 0. The molecule has 3 fully saturated rings. The Kier molecular flexibility index (Phi) is 4.32. The summed E-state index contributed by atoms with van der Waals surface area (Å²) in [5.74, 6) is -0.312. The van der Waals surface area contributed by atoms with Gasteiger partial charge in [-0.1, -0.05) is 32.6 Å². The summed E-state index contributed by atoms with van der Waals surface area (Å²) < 4.78 is 11.8. The molecule has 124 valence electrons. The minimum atomic E-state index is -1.02. The Morgan fingerprint density at radius 2 is 2.05 bits per heavy atom. The van der Waals surface area contributed by atoms with Crippen molar-refractivity contribution in [2.24, 2.45) is 11.3 Å². The molecule has 2 heterocycles. The molecule has 0 amide bonds. The molecule has 4 heteroatoms. The number of carbonyl (C=O) groups excluding carboxylic acids is 2. The molecule has 0 aromatic heterocycles. The van der Waals surface area contributed by atoms with Crippen LogP contribution in [-0.4, -0.2) is 30.1 Å². The van der Waals surface area contributed by atoms with Crippen LogP contribution in [0.15, 0.2) is 0 Å². The van der Waals surface area contributed by atoms with Crippen LogP contribution in [0.4, 0.5) is 0 Å². The van der Waals surface area contributed by atoms with Gasteiger partial charge in [0, 0.05) is 5.92 Å². The Morgan fingerprint density at radius 3 is 2.77 bits per heavy atom. The van der Waals surface area contributed by atoms with Crippen LogP contribution in [0.5, 0.6) is 0 Å². The first-order chi connectivity index (χ1) is 10.6. The molecule has 2 aliphatic heterocycles. The van der Waals surface area contributed by atoms with Gasteiger partial charge in [-0.15, -0.1) is 0 Å². The third-order valence-electron chi connectivity index (χ3n) is 6.02. The van der Waals surface area contributed by atoms with Gasteiger partial charge >= 0.3 is 5.97 Å². The average Bonchev–Trinajstić information content (AvgIpc) is 2.86. The van der Waals surface area contributed by atoms with Crippen molar-refractivity contribution < 1.29 is 19.1 Å². The summed E-state index contributed by atoms with van der Waals surface area (Å²) >= 11 is 0. The molecule has 2 unspecified atom stereocenters. The summed E-state index contributed by atoms with van der Waals surface area (Å²) in [5.41, 5.74) is -1.32. The van der Waals surface area contributed by atoms with Crippen LogP contribution < -0.4 is 0 Å². The van der Waals surface area contributed by atoms with E-state index in [0.717, 1.165) is 51.4 Å². The highest BCUT2D eigenvalue weighted by Gasteiger charge is 2.67. The van der Waals surface area contributed by atoms with Crippen LogP contribution >= 0.6 is 0 Å². The fourth-order valence-corrected chi connectivity index (χ4v) is 5.07. The topological polar surface area (TPSA) is 52.6 Å². The SMILES string of the molecule is CCC[C@@]12CC[C@@H](O1)C1(C(=O)OCC)CCCCCC2C1=O. The van der Waals surface area contributed by atoms with E-state index in [1.807, 2.05) is 0 Å². The first-order valence-corrected chi connectivity index (χ1v) is 9.00. The number of fused-ring (bicyclic) bond motifs is 6. The molecule has 22 heavy (non-hydrogen) atoms. The lowest BCUT2D eigenvalue weighted by molar-refractivity contribution is -0.204. The maximum absolute atomic E-state index is 13.4. The highest BCUT2D eigenvalue weighted by Crippen LogP contribution is 2.57. The third-order valence-corrected chi connectivity index (χ3v) is 6.02. The molecule has 0 aromatic rings. The van der Waals surface area contributed by atoms with E-state index in [0.29, 0.717) is 13.0 Å². The van der Waals surface area contributed by atoms with Crippen molar-refractivity contribution in [2.75, 3.05) is 6.61 Å². The average molecular weight is 308 g/mol. The molecule has 0 N–H and O–H groups in total. The van der Waals surface area contributed by atoms with Crippen LogP contribution in [0.25, 0.3) is 0 Å².